The van der Waals surface area contributed by atoms with Gasteiger partial charge < -0.3 is 21.3 Å². The van der Waals surface area contributed by atoms with Crippen LogP contribution in [-0.4, -0.2) is 37.0 Å². The Morgan fingerprint density at radius 1 is 0.657 bits per heavy atom. The van der Waals surface area contributed by atoms with E-state index in [1.165, 1.54) is 32.1 Å². The molecule has 2 aliphatic carbocycles. The van der Waals surface area contributed by atoms with E-state index in [2.05, 4.69) is 35.1 Å². The summed E-state index contributed by atoms with van der Waals surface area (Å²) in [4.78, 5) is 24.6. The Bertz CT molecular complexity index is 629. The van der Waals surface area contributed by atoms with Crippen molar-refractivity contribution in [1.82, 2.24) is 21.3 Å². The normalized spacial score (nSPS) is 25.6. The first kappa shape index (κ1) is 29.3. The summed E-state index contributed by atoms with van der Waals surface area (Å²) in [5.41, 5.74) is 1.90. The molecule has 2 saturated carbocycles. The van der Waals surface area contributed by atoms with Crippen LogP contribution in [-0.2, 0) is 9.59 Å². The molecule has 2 amide bonds. The van der Waals surface area contributed by atoms with E-state index in [1.54, 1.807) is 12.2 Å². The molecule has 6 heteroatoms. The van der Waals surface area contributed by atoms with Crippen LogP contribution in [0.15, 0.2) is 23.5 Å². The molecular formula is C29H52N4O2. The highest BCUT2D eigenvalue weighted by molar-refractivity contribution is 5.88. The van der Waals surface area contributed by atoms with Crippen LogP contribution in [0.25, 0.3) is 0 Å². The minimum Gasteiger partial charge on any atom is -0.388 e. The lowest BCUT2D eigenvalue weighted by atomic mass is 9.75. The predicted molar refractivity (Wildman–Crippen MR) is 146 cm³/mol. The van der Waals surface area contributed by atoms with Crippen LogP contribution in [0, 0.1) is 11.8 Å². The Morgan fingerprint density at radius 2 is 1.03 bits per heavy atom. The fourth-order valence-electron chi connectivity index (χ4n) is 5.46. The number of nitrogens with one attached hydrogen (secondary N) is 4. The van der Waals surface area contributed by atoms with Crippen LogP contribution in [0.5, 0.6) is 0 Å². The molecule has 0 aliphatic heterocycles. The minimum absolute atomic E-state index is 0.0390. The zero-order valence-electron chi connectivity index (χ0n) is 22.9. The molecule has 0 bridgehead atoms. The molecule has 4 N–H and O–H groups in total. The maximum atomic E-state index is 12.3. The van der Waals surface area contributed by atoms with Crippen molar-refractivity contribution in [3.63, 3.8) is 0 Å². The van der Waals surface area contributed by atoms with Crippen LogP contribution in [0.3, 0.4) is 0 Å². The summed E-state index contributed by atoms with van der Waals surface area (Å²) in [6.45, 7) is 10.1. The lowest BCUT2D eigenvalue weighted by Crippen LogP contribution is -2.38. The first-order valence-electron chi connectivity index (χ1n) is 14.3. The average Bonchev–Trinajstić information content (AvgIpc) is 2.82. The van der Waals surface area contributed by atoms with E-state index in [4.69, 9.17) is 0 Å². The molecule has 0 spiro atoms. The number of allylic oxidation sites excluding steroid dienone is 2. The number of hydrogen-bond acceptors (Lipinski definition) is 4. The molecule has 2 aliphatic rings. The second-order valence-electron chi connectivity index (χ2n) is 10.9. The first-order chi connectivity index (χ1) is 16.9. The number of carbonyl (C=O) groups is 2. The van der Waals surface area contributed by atoms with Crippen LogP contribution in [0.1, 0.15) is 111 Å². The van der Waals surface area contributed by atoms with Crippen LogP contribution >= 0.6 is 0 Å². The zero-order chi connectivity index (χ0) is 25.5. The smallest absolute Gasteiger partial charge is 0.245 e. The lowest BCUT2D eigenvalue weighted by molar-refractivity contribution is -0.118. The van der Waals surface area contributed by atoms with Gasteiger partial charge in [-0.2, -0.15) is 0 Å². The predicted octanol–water partition coefficient (Wildman–Crippen LogP) is 5.31. The highest BCUT2D eigenvalue weighted by Gasteiger charge is 2.27. The van der Waals surface area contributed by atoms with Gasteiger partial charge in [0, 0.05) is 48.7 Å². The number of unbranched alkanes of at least 4 members (excludes halogenated alkanes) is 2. The van der Waals surface area contributed by atoms with Gasteiger partial charge in [0.15, 0.2) is 0 Å². The third-order valence-corrected chi connectivity index (χ3v) is 7.62. The molecule has 6 nitrogen and oxygen atoms in total. The molecule has 0 aromatic heterocycles. The molecule has 35 heavy (non-hydrogen) atoms. The Morgan fingerprint density at radius 3 is 1.37 bits per heavy atom. The van der Waals surface area contributed by atoms with Crippen LogP contribution in [0.4, 0.5) is 0 Å². The molecule has 2 fully saturated rings. The molecule has 0 atom stereocenters. The van der Waals surface area contributed by atoms with Crippen molar-refractivity contribution in [2.45, 2.75) is 123 Å². The Labute approximate surface area is 214 Å². The fourth-order valence-corrected chi connectivity index (χ4v) is 5.46. The monoisotopic (exact) mass is 488 g/mol. The summed E-state index contributed by atoms with van der Waals surface area (Å²) in [6, 6.07) is 0.634. The summed E-state index contributed by atoms with van der Waals surface area (Å²) in [7, 11) is 0. The van der Waals surface area contributed by atoms with Gasteiger partial charge in [0.2, 0.25) is 11.8 Å². The second kappa shape index (κ2) is 16.6. The van der Waals surface area contributed by atoms with Gasteiger partial charge in [0.1, 0.15) is 0 Å². The second-order valence-corrected chi connectivity index (χ2v) is 10.9. The maximum absolute atomic E-state index is 12.3. The Kier molecular flexibility index (Phi) is 13.9. The summed E-state index contributed by atoms with van der Waals surface area (Å²) < 4.78 is 0. The van der Waals surface area contributed by atoms with E-state index >= 15 is 0 Å². The molecule has 0 saturated heterocycles. The molecule has 0 radical (unpaired) electrons. The van der Waals surface area contributed by atoms with Crippen molar-refractivity contribution in [2.75, 3.05) is 13.1 Å². The van der Waals surface area contributed by atoms with Crippen molar-refractivity contribution < 1.29 is 9.59 Å². The molecule has 0 unspecified atom stereocenters. The molecular weight excluding hydrogens is 436 g/mol. The lowest BCUT2D eigenvalue weighted by Gasteiger charge is -2.34. The van der Waals surface area contributed by atoms with Crippen molar-refractivity contribution in [3.05, 3.63) is 23.5 Å². The molecule has 0 aromatic carbocycles. The average molecular weight is 489 g/mol. The van der Waals surface area contributed by atoms with Crippen LogP contribution < -0.4 is 21.3 Å². The fraction of sp³-hybridized carbons (Fsp3) is 0.793. The number of rotatable bonds is 14. The van der Waals surface area contributed by atoms with E-state index in [9.17, 15) is 9.59 Å². The topological polar surface area (TPSA) is 82.3 Å². The van der Waals surface area contributed by atoms with Crippen molar-refractivity contribution >= 4 is 11.8 Å². The van der Waals surface area contributed by atoms with Gasteiger partial charge in [0.25, 0.3) is 0 Å². The van der Waals surface area contributed by atoms with E-state index < -0.39 is 0 Å². The third kappa shape index (κ3) is 12.5. The number of hydrogen-bond donors (Lipinski definition) is 4. The molecule has 2 rings (SSSR count). The van der Waals surface area contributed by atoms with Gasteiger partial charge in [-0.25, -0.2) is 0 Å². The van der Waals surface area contributed by atoms with Gasteiger partial charge >= 0.3 is 0 Å². The van der Waals surface area contributed by atoms with Crippen molar-refractivity contribution in [1.29, 1.82) is 0 Å². The molecule has 0 heterocycles. The van der Waals surface area contributed by atoms with Gasteiger partial charge in [-0.1, -0.05) is 26.7 Å². The summed E-state index contributed by atoms with van der Waals surface area (Å²) in [6.07, 6.45) is 18.5. The number of amides is 2. The highest BCUT2D eigenvalue weighted by Crippen LogP contribution is 2.35. The van der Waals surface area contributed by atoms with Gasteiger partial charge in [-0.05, 0) is 96.3 Å². The standard InChI is InChI=1S/C29H52N4O2/c1-5-7-17-30-22(3)19-28(34)32-26-13-9-24(10-14-26)21-25-11-15-27(16-12-25)33-29(35)20-23(4)31-18-8-6-2/h19-20,24-27,30-31H,5-18,21H2,1-4H3,(H,32,34)(H,33,35)/b22-19-,23-20-. The van der Waals surface area contributed by atoms with Crippen LogP contribution in [0.2, 0.25) is 0 Å². The van der Waals surface area contributed by atoms with Crippen molar-refractivity contribution in [3.8, 4) is 0 Å². The van der Waals surface area contributed by atoms with Gasteiger partial charge in [0.05, 0.1) is 0 Å². The Balaban J connectivity index is 1.60. The SMILES string of the molecule is CCCCN/C(C)=C\C(=O)NC1CCC(CC2CCC(NC(=O)/C=C(/C)NCCCC)CC2)CC1. The van der Waals surface area contributed by atoms with E-state index in [1.807, 2.05) is 13.8 Å². The van der Waals surface area contributed by atoms with E-state index in [0.29, 0.717) is 12.1 Å². The van der Waals surface area contributed by atoms with E-state index in [0.717, 1.165) is 87.7 Å². The maximum Gasteiger partial charge on any atom is 0.245 e. The minimum atomic E-state index is 0.0390. The first-order valence-corrected chi connectivity index (χ1v) is 14.3. The Hall–Kier alpha value is -1.98. The third-order valence-electron chi connectivity index (χ3n) is 7.62. The molecule has 200 valence electrons. The summed E-state index contributed by atoms with van der Waals surface area (Å²) in [5.74, 6) is 1.65. The van der Waals surface area contributed by atoms with Crippen molar-refractivity contribution in [2.24, 2.45) is 11.8 Å². The summed E-state index contributed by atoms with van der Waals surface area (Å²) in [5, 5.41) is 13.0. The van der Waals surface area contributed by atoms with Gasteiger partial charge in [-0.3, -0.25) is 9.59 Å². The quantitative estimate of drug-likeness (QED) is 0.197. The van der Waals surface area contributed by atoms with Gasteiger partial charge in [-0.15, -0.1) is 0 Å². The largest absolute Gasteiger partial charge is 0.388 e. The molecule has 0 aromatic rings. The number of carbonyl (C=O) groups excluding carboxylic acids is 2. The highest BCUT2D eigenvalue weighted by atomic mass is 16.2. The zero-order valence-corrected chi connectivity index (χ0v) is 22.9. The summed E-state index contributed by atoms with van der Waals surface area (Å²) >= 11 is 0. The van der Waals surface area contributed by atoms with E-state index in [-0.39, 0.29) is 11.8 Å².